The van der Waals surface area contributed by atoms with Gasteiger partial charge in [0.1, 0.15) is 5.60 Å². The third-order valence-electron chi connectivity index (χ3n) is 3.82. The fraction of sp³-hybridized carbons (Fsp3) is 0.929. The summed E-state index contributed by atoms with van der Waals surface area (Å²) in [5, 5.41) is 0. The minimum atomic E-state index is -0.634. The first kappa shape index (κ1) is 14.7. The van der Waals surface area contributed by atoms with Crippen LogP contribution < -0.4 is 0 Å². The third kappa shape index (κ3) is 2.89. The van der Waals surface area contributed by atoms with Gasteiger partial charge >= 0.3 is 0 Å². The minimum absolute atomic E-state index is 0.0279. The summed E-state index contributed by atoms with van der Waals surface area (Å²) in [6.45, 7) is 16.0. The molecule has 1 heterocycles. The monoisotopic (exact) mass is 241 g/mol. The van der Waals surface area contributed by atoms with Gasteiger partial charge in [-0.15, -0.1) is 0 Å². The van der Waals surface area contributed by atoms with Crippen molar-refractivity contribution in [3.8, 4) is 0 Å². The molecule has 1 aliphatic heterocycles. The number of hydrogen-bond donors (Lipinski definition) is 0. The zero-order valence-corrected chi connectivity index (χ0v) is 12.3. The molecule has 1 fully saturated rings. The van der Waals surface area contributed by atoms with Crippen LogP contribution in [-0.2, 0) is 9.53 Å². The summed E-state index contributed by atoms with van der Waals surface area (Å²) in [7, 11) is 0. The van der Waals surface area contributed by atoms with Gasteiger partial charge in [0, 0.05) is 12.6 Å². The average Bonchev–Trinajstić information content (AvgIpc) is 2.29. The highest BCUT2D eigenvalue weighted by molar-refractivity contribution is 5.91. The fourth-order valence-electron chi connectivity index (χ4n) is 2.76. The van der Waals surface area contributed by atoms with E-state index in [0.29, 0.717) is 6.04 Å². The number of Topliss-reactive ketones (excluding diaryl/α,β-unsaturated/α-hetero) is 1. The summed E-state index contributed by atoms with van der Waals surface area (Å²) in [4.78, 5) is 14.7. The molecule has 100 valence electrons. The molecule has 0 bridgehead atoms. The van der Waals surface area contributed by atoms with Crippen LogP contribution in [0.1, 0.15) is 48.5 Å². The van der Waals surface area contributed by atoms with Gasteiger partial charge in [-0.1, -0.05) is 6.92 Å². The van der Waals surface area contributed by atoms with Gasteiger partial charge in [-0.3, -0.25) is 4.79 Å². The number of nitrogens with zero attached hydrogens (tertiary/aromatic N) is 1. The lowest BCUT2D eigenvalue weighted by Crippen LogP contribution is -2.43. The first-order valence-electron chi connectivity index (χ1n) is 6.60. The second kappa shape index (κ2) is 4.69. The Kier molecular flexibility index (Phi) is 4.04. The molecule has 1 atom stereocenters. The summed E-state index contributed by atoms with van der Waals surface area (Å²) in [5.74, 6) is 0.210. The number of carbonyl (C=O) groups excluding carboxylic acids is 1. The fourth-order valence-corrected chi connectivity index (χ4v) is 2.76. The molecule has 0 radical (unpaired) electrons. The Labute approximate surface area is 106 Å². The molecule has 0 aliphatic carbocycles. The molecular formula is C14H27NO2. The predicted molar refractivity (Wildman–Crippen MR) is 70.1 cm³/mol. The van der Waals surface area contributed by atoms with Crippen molar-refractivity contribution in [2.24, 2.45) is 5.92 Å². The maximum absolute atomic E-state index is 12.4. The largest absolute Gasteiger partial charge is 0.361 e. The van der Waals surface area contributed by atoms with Crippen LogP contribution in [0.15, 0.2) is 0 Å². The summed E-state index contributed by atoms with van der Waals surface area (Å²) in [6.07, 6.45) is 0. The van der Waals surface area contributed by atoms with Crippen LogP contribution in [0.5, 0.6) is 0 Å². The van der Waals surface area contributed by atoms with E-state index in [2.05, 4.69) is 25.7 Å². The quantitative estimate of drug-likeness (QED) is 0.757. The topological polar surface area (TPSA) is 29.5 Å². The van der Waals surface area contributed by atoms with Gasteiger partial charge in [0.2, 0.25) is 0 Å². The molecular weight excluding hydrogens is 214 g/mol. The maximum Gasteiger partial charge on any atom is 0.171 e. The molecule has 1 unspecified atom stereocenters. The Morgan fingerprint density at radius 3 is 2.12 bits per heavy atom. The molecule has 0 aromatic carbocycles. The first-order chi connectivity index (χ1) is 7.62. The summed E-state index contributed by atoms with van der Waals surface area (Å²) in [6, 6.07) is 0.465. The SMILES string of the molecule is CCN(CC1C(=O)C(C)(C)OC1(C)C)C(C)C. The van der Waals surface area contributed by atoms with Crippen molar-refractivity contribution in [3.05, 3.63) is 0 Å². The van der Waals surface area contributed by atoms with Crippen LogP contribution in [0.25, 0.3) is 0 Å². The van der Waals surface area contributed by atoms with Crippen LogP contribution in [0.2, 0.25) is 0 Å². The van der Waals surface area contributed by atoms with E-state index in [9.17, 15) is 4.79 Å². The lowest BCUT2D eigenvalue weighted by Gasteiger charge is -2.32. The van der Waals surface area contributed by atoms with Crippen LogP contribution in [0.3, 0.4) is 0 Å². The Morgan fingerprint density at radius 1 is 1.29 bits per heavy atom. The highest BCUT2D eigenvalue weighted by atomic mass is 16.5. The molecule has 3 nitrogen and oxygen atoms in total. The number of ketones is 1. The molecule has 17 heavy (non-hydrogen) atoms. The molecule has 1 aliphatic rings. The van der Waals surface area contributed by atoms with Crippen molar-refractivity contribution in [3.63, 3.8) is 0 Å². The van der Waals surface area contributed by atoms with Gasteiger partial charge in [0.05, 0.1) is 11.5 Å². The second-order valence-electron chi connectivity index (χ2n) is 6.31. The van der Waals surface area contributed by atoms with Crippen molar-refractivity contribution in [1.82, 2.24) is 4.90 Å². The molecule has 0 amide bonds. The molecule has 1 saturated heterocycles. The summed E-state index contributed by atoms with van der Waals surface area (Å²) in [5.41, 5.74) is -0.993. The highest BCUT2D eigenvalue weighted by Gasteiger charge is 2.53. The lowest BCUT2D eigenvalue weighted by molar-refractivity contribution is -0.132. The zero-order valence-electron chi connectivity index (χ0n) is 12.3. The minimum Gasteiger partial charge on any atom is -0.361 e. The Balaban J connectivity index is 2.86. The molecule has 0 saturated carbocycles. The van der Waals surface area contributed by atoms with Gasteiger partial charge in [-0.25, -0.2) is 0 Å². The Bertz CT molecular complexity index is 295. The van der Waals surface area contributed by atoms with E-state index >= 15 is 0 Å². The van der Waals surface area contributed by atoms with Crippen molar-refractivity contribution >= 4 is 5.78 Å². The predicted octanol–water partition coefficient (Wildman–Crippen LogP) is 2.49. The van der Waals surface area contributed by atoms with Crippen LogP contribution in [-0.4, -0.2) is 41.0 Å². The molecule has 0 aromatic heterocycles. The highest BCUT2D eigenvalue weighted by Crippen LogP contribution is 2.39. The van der Waals surface area contributed by atoms with E-state index in [4.69, 9.17) is 4.74 Å². The van der Waals surface area contributed by atoms with E-state index in [-0.39, 0.29) is 17.3 Å². The lowest BCUT2D eigenvalue weighted by atomic mass is 9.85. The van der Waals surface area contributed by atoms with Gasteiger partial charge in [0.25, 0.3) is 0 Å². The number of carbonyl (C=O) groups is 1. The van der Waals surface area contributed by atoms with Crippen molar-refractivity contribution < 1.29 is 9.53 Å². The molecule has 0 aromatic rings. The summed E-state index contributed by atoms with van der Waals surface area (Å²) < 4.78 is 5.91. The third-order valence-corrected chi connectivity index (χ3v) is 3.82. The number of ether oxygens (including phenoxy) is 1. The van der Waals surface area contributed by atoms with Gasteiger partial charge in [-0.2, -0.15) is 0 Å². The van der Waals surface area contributed by atoms with E-state index in [0.717, 1.165) is 13.1 Å². The first-order valence-corrected chi connectivity index (χ1v) is 6.60. The zero-order chi connectivity index (χ0) is 13.4. The number of hydrogen-bond acceptors (Lipinski definition) is 3. The number of rotatable bonds is 4. The van der Waals surface area contributed by atoms with Crippen molar-refractivity contribution in [2.75, 3.05) is 13.1 Å². The van der Waals surface area contributed by atoms with Gasteiger partial charge < -0.3 is 9.64 Å². The van der Waals surface area contributed by atoms with Crippen LogP contribution in [0, 0.1) is 5.92 Å². The Morgan fingerprint density at radius 2 is 1.82 bits per heavy atom. The van der Waals surface area contributed by atoms with E-state index in [1.165, 1.54) is 0 Å². The Hall–Kier alpha value is -0.410. The molecule has 1 rings (SSSR count). The van der Waals surface area contributed by atoms with Crippen molar-refractivity contribution in [1.29, 1.82) is 0 Å². The van der Waals surface area contributed by atoms with E-state index in [1.807, 2.05) is 27.7 Å². The normalized spacial score (nSPS) is 27.1. The maximum atomic E-state index is 12.4. The second-order valence-corrected chi connectivity index (χ2v) is 6.31. The van der Waals surface area contributed by atoms with Crippen LogP contribution >= 0.6 is 0 Å². The van der Waals surface area contributed by atoms with E-state index in [1.54, 1.807) is 0 Å². The van der Waals surface area contributed by atoms with Gasteiger partial charge in [-0.05, 0) is 48.1 Å². The van der Waals surface area contributed by atoms with E-state index < -0.39 is 5.60 Å². The molecule has 3 heteroatoms. The summed E-state index contributed by atoms with van der Waals surface area (Å²) >= 11 is 0. The molecule has 0 spiro atoms. The smallest absolute Gasteiger partial charge is 0.171 e. The molecule has 0 N–H and O–H groups in total. The van der Waals surface area contributed by atoms with Crippen LogP contribution in [0.4, 0.5) is 0 Å². The standard InChI is InChI=1S/C14H27NO2/c1-8-15(10(2)3)9-11-12(16)14(6,7)17-13(11,4)5/h10-11H,8-9H2,1-7H3. The van der Waals surface area contributed by atoms with Gasteiger partial charge in [0.15, 0.2) is 5.78 Å². The average molecular weight is 241 g/mol. The van der Waals surface area contributed by atoms with Crippen molar-refractivity contribution in [2.45, 2.75) is 65.7 Å².